The van der Waals surface area contributed by atoms with Gasteiger partial charge in [0.15, 0.2) is 12.2 Å². The van der Waals surface area contributed by atoms with Crippen molar-refractivity contribution in [3.05, 3.63) is 0 Å². The van der Waals surface area contributed by atoms with Crippen LogP contribution in [-0.2, 0) is 65.4 Å². The van der Waals surface area contributed by atoms with E-state index in [0.29, 0.717) is 25.7 Å². The Labute approximate surface area is 645 Å². The summed E-state index contributed by atoms with van der Waals surface area (Å²) in [6.45, 7) is 12.1. The highest BCUT2D eigenvalue weighted by Gasteiger charge is 2.30. The highest BCUT2D eigenvalue weighted by molar-refractivity contribution is 7.47. The van der Waals surface area contributed by atoms with E-state index in [2.05, 4.69) is 48.5 Å². The molecule has 0 aliphatic heterocycles. The van der Waals surface area contributed by atoms with Crippen molar-refractivity contribution >= 4 is 39.5 Å². The minimum atomic E-state index is -4.97. The first-order chi connectivity index (χ1) is 50.8. The molecule has 0 aromatic carbocycles. The number of carbonyl (C=O) groups is 4. The van der Waals surface area contributed by atoms with Crippen LogP contribution in [0, 0.1) is 17.8 Å². The van der Waals surface area contributed by atoms with Gasteiger partial charge in [-0.1, -0.05) is 402 Å². The molecule has 0 fully saturated rings. The topological polar surface area (TPSA) is 237 Å². The molecule has 0 heterocycles. The molecule has 0 saturated heterocycles. The first-order valence-electron chi connectivity index (χ1n) is 44.4. The van der Waals surface area contributed by atoms with Crippen molar-refractivity contribution in [2.24, 2.45) is 17.8 Å². The number of esters is 4. The SMILES string of the molecule is CCCCCCCCCCCC(=O)OC[C@H](COP(=O)(O)OC[C@H](O)COP(=O)(O)OC[C@@H](COC(=O)CCCCCCCCCCCCCCCCC(C)CC)OC(=O)CCCCCCCCCCCCCCCCCCCCC(C)C)OC(=O)CCCCCCCCCCCCCCCCC(C)C. The number of carbonyl (C=O) groups excluding carboxylic acids is 4. The molecule has 0 aromatic heterocycles. The Morgan fingerprint density at radius 1 is 0.276 bits per heavy atom. The maximum absolute atomic E-state index is 13.1. The number of phosphoric acid groups is 2. The van der Waals surface area contributed by atoms with Crippen LogP contribution in [-0.4, -0.2) is 96.7 Å². The molecule has 0 amide bonds. The Balaban J connectivity index is 5.21. The molecule has 105 heavy (non-hydrogen) atoms. The van der Waals surface area contributed by atoms with E-state index in [1.807, 2.05) is 0 Å². The van der Waals surface area contributed by atoms with Gasteiger partial charge >= 0.3 is 39.5 Å². The van der Waals surface area contributed by atoms with Gasteiger partial charge in [0.25, 0.3) is 0 Å². The van der Waals surface area contributed by atoms with Crippen LogP contribution in [0.2, 0.25) is 0 Å². The Hall–Kier alpha value is -1.94. The number of hydrogen-bond donors (Lipinski definition) is 3. The van der Waals surface area contributed by atoms with E-state index in [1.54, 1.807) is 0 Å². The van der Waals surface area contributed by atoms with Gasteiger partial charge in [-0.3, -0.25) is 37.3 Å². The summed E-state index contributed by atoms with van der Waals surface area (Å²) in [5.74, 6) is 0.361. The third kappa shape index (κ3) is 78.5. The van der Waals surface area contributed by atoms with E-state index in [9.17, 15) is 43.2 Å². The summed E-state index contributed by atoms with van der Waals surface area (Å²) in [7, 11) is -9.93. The normalized spacial score (nSPS) is 14.1. The first kappa shape index (κ1) is 103. The monoisotopic (exact) mass is 1540 g/mol. The van der Waals surface area contributed by atoms with Crippen LogP contribution < -0.4 is 0 Å². The van der Waals surface area contributed by atoms with E-state index in [-0.39, 0.29) is 25.7 Å². The van der Waals surface area contributed by atoms with Gasteiger partial charge in [-0.15, -0.1) is 0 Å². The van der Waals surface area contributed by atoms with Gasteiger partial charge in [0.2, 0.25) is 0 Å². The average Bonchev–Trinajstić information content (AvgIpc) is 0.922. The molecular formula is C86H168O17P2. The lowest BCUT2D eigenvalue weighted by Gasteiger charge is -2.21. The summed E-state index contributed by atoms with van der Waals surface area (Å²) in [6, 6.07) is 0. The van der Waals surface area contributed by atoms with Gasteiger partial charge < -0.3 is 33.8 Å². The van der Waals surface area contributed by atoms with E-state index in [4.69, 9.17) is 37.0 Å². The molecule has 0 bridgehead atoms. The second-order valence-corrected chi connectivity index (χ2v) is 35.0. The Bertz CT molecular complexity index is 2030. The van der Waals surface area contributed by atoms with Gasteiger partial charge in [0.05, 0.1) is 26.4 Å². The summed E-state index contributed by atoms with van der Waals surface area (Å²) < 4.78 is 68.9. The summed E-state index contributed by atoms with van der Waals surface area (Å²) in [6.07, 6.45) is 66.6. The number of unbranched alkanes of at least 4 members (excludes halogenated alkanes) is 51. The molecule has 0 aromatic rings. The predicted octanol–water partition coefficient (Wildman–Crippen LogP) is 26.1. The Kier molecular flexibility index (Phi) is 74.7. The highest BCUT2D eigenvalue weighted by atomic mass is 31.2. The number of phosphoric ester groups is 2. The number of aliphatic hydroxyl groups is 1. The molecule has 0 spiro atoms. The predicted molar refractivity (Wildman–Crippen MR) is 432 cm³/mol. The van der Waals surface area contributed by atoms with Crippen molar-refractivity contribution in [1.29, 1.82) is 0 Å². The third-order valence-corrected chi connectivity index (χ3v) is 22.4. The summed E-state index contributed by atoms with van der Waals surface area (Å²) in [4.78, 5) is 73.2. The van der Waals surface area contributed by atoms with Gasteiger partial charge in [0.1, 0.15) is 19.3 Å². The van der Waals surface area contributed by atoms with Crippen molar-refractivity contribution in [3.8, 4) is 0 Å². The van der Waals surface area contributed by atoms with Crippen molar-refractivity contribution in [2.45, 2.75) is 471 Å². The van der Waals surface area contributed by atoms with E-state index < -0.39 is 97.5 Å². The fourth-order valence-corrected chi connectivity index (χ4v) is 14.9. The molecular weight excluding hydrogens is 1370 g/mol. The van der Waals surface area contributed by atoms with Crippen molar-refractivity contribution in [2.75, 3.05) is 39.6 Å². The number of rotatable bonds is 84. The minimum Gasteiger partial charge on any atom is -0.462 e. The molecule has 19 heteroatoms. The quantitative estimate of drug-likeness (QED) is 0.0222. The molecule has 6 atom stereocenters. The number of hydrogen-bond acceptors (Lipinski definition) is 15. The zero-order valence-corrected chi connectivity index (χ0v) is 71.0. The van der Waals surface area contributed by atoms with Crippen LogP contribution in [0.4, 0.5) is 0 Å². The largest absolute Gasteiger partial charge is 0.472 e. The van der Waals surface area contributed by atoms with Crippen LogP contribution in [0.25, 0.3) is 0 Å². The molecule has 0 radical (unpaired) electrons. The fraction of sp³-hybridized carbons (Fsp3) is 0.953. The van der Waals surface area contributed by atoms with Crippen LogP contribution in [0.3, 0.4) is 0 Å². The van der Waals surface area contributed by atoms with Gasteiger partial charge in [-0.05, 0) is 43.4 Å². The summed E-state index contributed by atoms with van der Waals surface area (Å²) in [5, 5.41) is 10.7. The zero-order chi connectivity index (χ0) is 77.2. The smallest absolute Gasteiger partial charge is 0.462 e. The third-order valence-electron chi connectivity index (χ3n) is 20.5. The molecule has 0 saturated carbocycles. The van der Waals surface area contributed by atoms with Crippen molar-refractivity contribution in [3.63, 3.8) is 0 Å². The summed E-state index contributed by atoms with van der Waals surface area (Å²) >= 11 is 0. The maximum atomic E-state index is 13.1. The van der Waals surface area contributed by atoms with Gasteiger partial charge in [-0.2, -0.15) is 0 Å². The van der Waals surface area contributed by atoms with E-state index >= 15 is 0 Å². The second-order valence-electron chi connectivity index (χ2n) is 32.1. The molecule has 0 aliphatic carbocycles. The van der Waals surface area contributed by atoms with Crippen LogP contribution in [0.1, 0.15) is 453 Å². The highest BCUT2D eigenvalue weighted by Crippen LogP contribution is 2.45. The average molecular weight is 1540 g/mol. The standard InChI is InChI=1S/C86H168O17P2/c1-8-10-11-12-13-36-46-53-60-67-83(88)96-73-81(102-85(90)70-63-56-49-42-35-29-22-20-25-31-38-44-51-58-65-78(5)6)75-100-104(92,93)98-71-80(87)72-99-105(94,95)101-76-82(74-97-84(89)68-61-54-47-40-33-27-23-21-26-32-39-45-52-59-66-79(7)9-2)103-86(91)69-62-55-48-41-34-28-19-17-15-14-16-18-24-30-37-43-50-57-64-77(3)4/h77-82,87H,8-76H2,1-7H3,(H,92,93)(H,94,95)/t79?,80-,81+,82+/m0/s1. The molecule has 0 rings (SSSR count). The van der Waals surface area contributed by atoms with E-state index in [0.717, 1.165) is 108 Å². The van der Waals surface area contributed by atoms with Crippen molar-refractivity contribution in [1.82, 2.24) is 0 Å². The minimum absolute atomic E-state index is 0.108. The van der Waals surface area contributed by atoms with Crippen LogP contribution >= 0.6 is 15.6 Å². The molecule has 3 unspecified atom stereocenters. The molecule has 17 nitrogen and oxygen atoms in total. The zero-order valence-electron chi connectivity index (χ0n) is 69.2. The lowest BCUT2D eigenvalue weighted by atomic mass is 9.99. The van der Waals surface area contributed by atoms with Gasteiger partial charge in [0, 0.05) is 25.7 Å². The second kappa shape index (κ2) is 76.1. The molecule has 0 aliphatic rings. The summed E-state index contributed by atoms with van der Waals surface area (Å²) in [5.41, 5.74) is 0. The van der Waals surface area contributed by atoms with Crippen molar-refractivity contribution < 1.29 is 80.2 Å². The first-order valence-corrected chi connectivity index (χ1v) is 47.4. The van der Waals surface area contributed by atoms with Crippen LogP contribution in [0.5, 0.6) is 0 Å². The van der Waals surface area contributed by atoms with Gasteiger partial charge in [-0.25, -0.2) is 9.13 Å². The Morgan fingerprint density at radius 3 is 0.724 bits per heavy atom. The maximum Gasteiger partial charge on any atom is 0.472 e. The lowest BCUT2D eigenvalue weighted by molar-refractivity contribution is -0.161. The number of aliphatic hydroxyl groups excluding tert-OH is 1. The van der Waals surface area contributed by atoms with Crippen LogP contribution in [0.15, 0.2) is 0 Å². The molecule has 624 valence electrons. The lowest BCUT2D eigenvalue weighted by Crippen LogP contribution is -2.30. The molecule has 3 N–H and O–H groups in total. The van der Waals surface area contributed by atoms with E-state index in [1.165, 1.54) is 263 Å². The fourth-order valence-electron chi connectivity index (χ4n) is 13.3. The Morgan fingerprint density at radius 2 is 0.486 bits per heavy atom. The number of ether oxygens (including phenoxy) is 4.